The van der Waals surface area contributed by atoms with Crippen molar-refractivity contribution in [3.8, 4) is 11.3 Å². The molecule has 0 saturated carbocycles. The molecule has 23 heavy (non-hydrogen) atoms. The third-order valence-electron chi connectivity index (χ3n) is 4.38. The topological polar surface area (TPSA) is 32.3 Å². The summed E-state index contributed by atoms with van der Waals surface area (Å²) < 4.78 is 0. The zero-order valence-corrected chi connectivity index (χ0v) is 13.2. The number of fused-ring (bicyclic) bond motifs is 1. The second kappa shape index (κ2) is 5.86. The van der Waals surface area contributed by atoms with E-state index < -0.39 is 0 Å². The van der Waals surface area contributed by atoms with Gasteiger partial charge in [0.1, 0.15) is 5.69 Å². The fourth-order valence-corrected chi connectivity index (χ4v) is 3.03. The van der Waals surface area contributed by atoms with Crippen LogP contribution in [0, 0.1) is 12.1 Å². The van der Waals surface area contributed by atoms with Gasteiger partial charge in [0.15, 0.2) is 5.82 Å². The summed E-state index contributed by atoms with van der Waals surface area (Å²) in [4.78, 5) is 4.68. The van der Waals surface area contributed by atoms with Gasteiger partial charge in [-0.1, -0.05) is 42.5 Å². The van der Waals surface area contributed by atoms with Crippen molar-refractivity contribution in [3.63, 3.8) is 0 Å². The summed E-state index contributed by atoms with van der Waals surface area (Å²) in [5.74, 6) is 0.984. The molecule has 3 aromatic rings. The Morgan fingerprint density at radius 2 is 1.70 bits per heavy atom. The molecule has 4 heteroatoms. The molecule has 0 radical (unpaired) electrons. The predicted molar refractivity (Wildman–Crippen MR) is 92.4 cm³/mol. The Balaban J connectivity index is 1.83. The monoisotopic (exact) mass is 302 g/mol. The van der Waals surface area contributed by atoms with Crippen molar-refractivity contribution in [2.45, 2.75) is 0 Å². The van der Waals surface area contributed by atoms with Crippen LogP contribution in [0.2, 0.25) is 0 Å². The molecule has 1 aromatic heterocycles. The summed E-state index contributed by atoms with van der Waals surface area (Å²) in [6, 6.07) is 20.3. The minimum absolute atomic E-state index is 0.871. The van der Waals surface area contributed by atoms with E-state index in [1.165, 1.54) is 0 Å². The Labute approximate surface area is 136 Å². The molecule has 0 atom stereocenters. The van der Waals surface area contributed by atoms with Crippen molar-refractivity contribution >= 4 is 16.6 Å². The van der Waals surface area contributed by atoms with E-state index in [1.807, 2.05) is 24.3 Å². The average Bonchev–Trinajstić information content (AvgIpc) is 2.62. The molecule has 2 aromatic carbocycles. The van der Waals surface area contributed by atoms with Crippen molar-refractivity contribution in [1.82, 2.24) is 15.1 Å². The van der Waals surface area contributed by atoms with Crippen LogP contribution in [0.5, 0.6) is 0 Å². The van der Waals surface area contributed by atoms with Crippen LogP contribution in [0.15, 0.2) is 42.5 Å². The quantitative estimate of drug-likeness (QED) is 0.728. The maximum atomic E-state index is 4.56. The van der Waals surface area contributed by atoms with Gasteiger partial charge in [-0.2, -0.15) is 0 Å². The molecule has 2 heterocycles. The van der Waals surface area contributed by atoms with Crippen molar-refractivity contribution in [3.05, 3.63) is 54.6 Å². The van der Waals surface area contributed by atoms with E-state index in [1.54, 1.807) is 0 Å². The van der Waals surface area contributed by atoms with Crippen LogP contribution in [0.3, 0.4) is 0 Å². The van der Waals surface area contributed by atoms with Crippen LogP contribution in [-0.2, 0) is 0 Å². The van der Waals surface area contributed by atoms with Crippen molar-refractivity contribution in [2.75, 3.05) is 38.1 Å². The van der Waals surface area contributed by atoms with Crippen LogP contribution in [0.1, 0.15) is 0 Å². The lowest BCUT2D eigenvalue weighted by molar-refractivity contribution is 0.312. The first-order chi connectivity index (χ1) is 11.3. The van der Waals surface area contributed by atoms with Gasteiger partial charge in [-0.05, 0) is 19.2 Å². The Morgan fingerprint density at radius 1 is 0.913 bits per heavy atom. The second-order valence-corrected chi connectivity index (χ2v) is 5.92. The molecule has 0 N–H and O–H groups in total. The summed E-state index contributed by atoms with van der Waals surface area (Å²) in [7, 11) is 2.16. The number of hydrogen-bond acceptors (Lipinski definition) is 4. The number of anilines is 1. The van der Waals surface area contributed by atoms with Gasteiger partial charge in [0.05, 0.1) is 5.56 Å². The zero-order valence-electron chi connectivity index (χ0n) is 13.2. The molecule has 0 bridgehead atoms. The molecular weight excluding hydrogens is 284 g/mol. The Kier molecular flexibility index (Phi) is 3.57. The highest BCUT2D eigenvalue weighted by molar-refractivity contribution is 6.00. The summed E-state index contributed by atoms with van der Waals surface area (Å²) in [6.45, 7) is 4.08. The molecular formula is C19H18N4. The largest absolute Gasteiger partial charge is 0.352 e. The Morgan fingerprint density at radius 3 is 2.43 bits per heavy atom. The van der Waals surface area contributed by atoms with Gasteiger partial charge in [-0.15, -0.1) is 10.2 Å². The zero-order chi connectivity index (χ0) is 15.6. The fourth-order valence-electron chi connectivity index (χ4n) is 3.03. The third kappa shape index (κ3) is 2.60. The second-order valence-electron chi connectivity index (χ2n) is 5.92. The van der Waals surface area contributed by atoms with Gasteiger partial charge in [0.2, 0.25) is 0 Å². The summed E-state index contributed by atoms with van der Waals surface area (Å²) in [6.07, 6.45) is 0. The predicted octanol–water partition coefficient (Wildman–Crippen LogP) is 2.65. The molecule has 0 amide bonds. The molecule has 1 aliphatic heterocycles. The summed E-state index contributed by atoms with van der Waals surface area (Å²) >= 11 is 0. The van der Waals surface area contributed by atoms with Gasteiger partial charge >= 0.3 is 0 Å². The lowest BCUT2D eigenvalue weighted by Crippen LogP contribution is -2.45. The first-order valence-corrected chi connectivity index (χ1v) is 7.90. The average molecular weight is 302 g/mol. The lowest BCUT2D eigenvalue weighted by atomic mass is 10.1. The van der Waals surface area contributed by atoms with Crippen LogP contribution in [0.25, 0.3) is 22.0 Å². The van der Waals surface area contributed by atoms with Crippen LogP contribution < -0.4 is 4.90 Å². The Bertz CT molecular complexity index is 808. The maximum absolute atomic E-state index is 4.56. The number of likely N-dealkylation sites (N-methyl/N-ethyl adjacent to an activating group) is 1. The normalized spacial score (nSPS) is 15.6. The molecule has 1 saturated heterocycles. The summed E-state index contributed by atoms with van der Waals surface area (Å²) in [5, 5.41) is 11.3. The first-order valence-electron chi connectivity index (χ1n) is 7.90. The molecule has 4 rings (SSSR count). The van der Waals surface area contributed by atoms with E-state index in [0.29, 0.717) is 0 Å². The smallest absolute Gasteiger partial charge is 0.159 e. The van der Waals surface area contributed by atoms with Crippen LogP contribution in [-0.4, -0.2) is 48.3 Å². The van der Waals surface area contributed by atoms with Crippen molar-refractivity contribution < 1.29 is 0 Å². The van der Waals surface area contributed by atoms with Gasteiger partial charge < -0.3 is 9.80 Å². The highest BCUT2D eigenvalue weighted by Crippen LogP contribution is 2.30. The third-order valence-corrected chi connectivity index (χ3v) is 4.38. The minimum Gasteiger partial charge on any atom is -0.352 e. The molecule has 1 fully saturated rings. The fraction of sp³-hybridized carbons (Fsp3) is 0.263. The van der Waals surface area contributed by atoms with E-state index >= 15 is 0 Å². The van der Waals surface area contributed by atoms with Crippen LogP contribution >= 0.6 is 0 Å². The first kappa shape index (κ1) is 14.0. The van der Waals surface area contributed by atoms with Crippen LogP contribution in [0.4, 0.5) is 5.82 Å². The Hall–Kier alpha value is -2.64. The van der Waals surface area contributed by atoms with Gasteiger partial charge in [-0.3, -0.25) is 0 Å². The summed E-state index contributed by atoms with van der Waals surface area (Å²) in [5.41, 5.74) is 1.80. The number of aromatic nitrogens is 2. The molecule has 1 aliphatic rings. The molecule has 0 spiro atoms. The van der Waals surface area contributed by atoms with E-state index in [9.17, 15) is 0 Å². The van der Waals surface area contributed by atoms with Gasteiger partial charge in [-0.25, -0.2) is 0 Å². The molecule has 4 nitrogen and oxygen atoms in total. The molecule has 114 valence electrons. The number of benzene rings is 1. The van der Waals surface area contributed by atoms with E-state index in [-0.39, 0.29) is 0 Å². The number of nitrogens with zero attached hydrogens (tertiary/aromatic N) is 4. The van der Waals surface area contributed by atoms with E-state index in [4.69, 9.17) is 0 Å². The van der Waals surface area contributed by atoms with Crippen molar-refractivity contribution in [2.24, 2.45) is 0 Å². The van der Waals surface area contributed by atoms with E-state index in [0.717, 1.165) is 54.0 Å². The standard InChI is InChI=1S/C19H18N4/c1-22-11-13-23(14-12-22)19-17-10-6-5-9-16(17)18(20-21-19)15-7-3-2-4-8-15/h2-3,5-7,9-10H,11-14H2,1H3. The minimum atomic E-state index is 0.871. The van der Waals surface area contributed by atoms with Gasteiger partial charge in [0.25, 0.3) is 0 Å². The SMILES string of the molecule is CN1CCN(c2nnc(-c3c#cccc3)c3ccccc23)CC1. The maximum Gasteiger partial charge on any atom is 0.159 e. The molecule has 0 unspecified atom stereocenters. The lowest BCUT2D eigenvalue weighted by Gasteiger charge is -2.33. The number of rotatable bonds is 2. The van der Waals surface area contributed by atoms with Gasteiger partial charge in [0, 0.05) is 37.0 Å². The highest BCUT2D eigenvalue weighted by Gasteiger charge is 2.19. The van der Waals surface area contributed by atoms with E-state index in [2.05, 4.69) is 57.4 Å². The molecule has 0 aliphatic carbocycles. The number of piperazine rings is 1. The highest BCUT2D eigenvalue weighted by atomic mass is 15.3. The van der Waals surface area contributed by atoms with Crippen molar-refractivity contribution in [1.29, 1.82) is 0 Å². The number of hydrogen-bond donors (Lipinski definition) is 0.